The number of hydrogen-bond acceptors (Lipinski definition) is 13. The molecule has 2 fully saturated rings. The molecule has 2 aliphatic rings. The number of aliphatic hydroxyl groups is 2. The molecule has 0 saturated carbocycles. The van der Waals surface area contributed by atoms with Crippen molar-refractivity contribution >= 4 is 41.2 Å². The Balaban J connectivity index is 1.26. The zero-order chi connectivity index (χ0) is 28.5. The lowest BCUT2D eigenvalue weighted by Crippen LogP contribution is -2.44. The van der Waals surface area contributed by atoms with Crippen LogP contribution in [-0.2, 0) is 30.0 Å². The van der Waals surface area contributed by atoms with Crippen LogP contribution in [0, 0.1) is 0 Å². The summed E-state index contributed by atoms with van der Waals surface area (Å²) in [5.41, 5.74) is 5.35. The van der Waals surface area contributed by atoms with Gasteiger partial charge in [0.1, 0.15) is 30.5 Å². The van der Waals surface area contributed by atoms with Gasteiger partial charge in [-0.1, -0.05) is 41.7 Å². The third-order valence-electron chi connectivity index (χ3n) is 6.74. The van der Waals surface area contributed by atoms with Crippen molar-refractivity contribution in [2.24, 2.45) is 0 Å². The first-order chi connectivity index (χ1) is 19.1. The summed E-state index contributed by atoms with van der Waals surface area (Å²) in [6.45, 7) is -2.43. The quantitative estimate of drug-likeness (QED) is 0.218. The normalized spacial score (nSPS) is 30.7. The van der Waals surface area contributed by atoms with Crippen molar-refractivity contribution in [2.45, 2.75) is 56.5 Å². The van der Waals surface area contributed by atoms with E-state index in [2.05, 4.69) is 20.0 Å². The molecule has 216 valence electrons. The lowest BCUT2D eigenvalue weighted by Gasteiger charge is -2.27. The Morgan fingerprint density at radius 2 is 2.12 bits per heavy atom. The van der Waals surface area contributed by atoms with Gasteiger partial charge in [0.15, 0.2) is 17.4 Å². The maximum Gasteiger partial charge on any atom is 0.327 e. The minimum Gasteiger partial charge on any atom is -0.479 e. The molecule has 14 nitrogen and oxygen atoms in total. The molecule has 1 aromatic carbocycles. The molecule has 2 aliphatic heterocycles. The van der Waals surface area contributed by atoms with E-state index in [1.807, 2.05) is 30.3 Å². The monoisotopic (exact) mass is 594 g/mol. The molecule has 2 aromatic heterocycles. The number of aromatic nitrogens is 4. The van der Waals surface area contributed by atoms with Crippen LogP contribution < -0.4 is 15.6 Å². The van der Waals surface area contributed by atoms with Crippen molar-refractivity contribution in [1.82, 2.24) is 24.6 Å². The standard InChI is InChI=1S/C24H31N6O8PS/c1-24(33)18(31)16(38-22(24)30-13-26-17-19(30)27-23(25)28-20(17)35-2)12-37-39(34)29-15(9-6-10-40-39)21(32)36-11-14-7-4-3-5-8-14/h3-5,7-8,13,15-16,18,22,31,33H,6,9-12H2,1-2H3,(H,29,34)(H2,25,27,28)/t15?,16-,18-,22-,24-,39?/m1/s1. The molecule has 2 unspecified atom stereocenters. The van der Waals surface area contributed by atoms with Gasteiger partial charge in [-0.05, 0) is 25.3 Å². The van der Waals surface area contributed by atoms with Gasteiger partial charge in [-0.3, -0.25) is 13.9 Å². The number of carbonyl (C=O) groups is 1. The van der Waals surface area contributed by atoms with E-state index in [1.54, 1.807) is 0 Å². The van der Waals surface area contributed by atoms with Crippen LogP contribution in [0.15, 0.2) is 36.7 Å². The number of fused-ring (bicyclic) bond motifs is 1. The number of nitrogens with zero attached hydrogens (tertiary/aromatic N) is 4. The Kier molecular flexibility index (Phi) is 8.34. The van der Waals surface area contributed by atoms with Gasteiger partial charge in [-0.25, -0.2) is 10.1 Å². The molecular formula is C24H31N6O8PS. The third kappa shape index (κ3) is 5.81. The number of imidazole rings is 1. The van der Waals surface area contributed by atoms with E-state index in [4.69, 9.17) is 24.5 Å². The first-order valence-electron chi connectivity index (χ1n) is 12.6. The van der Waals surface area contributed by atoms with Crippen LogP contribution in [0.5, 0.6) is 5.88 Å². The lowest BCUT2D eigenvalue weighted by atomic mass is 9.96. The van der Waals surface area contributed by atoms with Crippen molar-refractivity contribution in [2.75, 3.05) is 25.2 Å². The van der Waals surface area contributed by atoms with Crippen molar-refractivity contribution in [3.63, 3.8) is 0 Å². The number of rotatable bonds is 8. The van der Waals surface area contributed by atoms with Gasteiger partial charge in [-0.15, -0.1) is 0 Å². The highest BCUT2D eigenvalue weighted by molar-refractivity contribution is 8.56. The lowest BCUT2D eigenvalue weighted by molar-refractivity contribution is -0.147. The Morgan fingerprint density at radius 3 is 2.88 bits per heavy atom. The summed E-state index contributed by atoms with van der Waals surface area (Å²) in [5.74, 6) is 0.0332. The van der Waals surface area contributed by atoms with Crippen molar-refractivity contribution in [3.8, 4) is 5.88 Å². The number of benzene rings is 1. The average Bonchev–Trinajstić information content (AvgIpc) is 3.36. The number of anilines is 1. The molecule has 16 heteroatoms. The number of methoxy groups -OCH3 is 1. The van der Waals surface area contributed by atoms with Crippen LogP contribution in [0.4, 0.5) is 5.95 Å². The Labute approximate surface area is 233 Å². The number of nitrogens with one attached hydrogen (secondary N) is 1. The molecule has 0 bridgehead atoms. The number of hydrogen-bond donors (Lipinski definition) is 4. The molecule has 5 N–H and O–H groups in total. The molecule has 4 heterocycles. The van der Waals surface area contributed by atoms with Gasteiger partial charge in [0, 0.05) is 5.75 Å². The molecular weight excluding hydrogens is 563 g/mol. The Hall–Kier alpha value is -2.78. The van der Waals surface area contributed by atoms with Crippen LogP contribution in [0.25, 0.3) is 11.2 Å². The molecule has 2 saturated heterocycles. The van der Waals surface area contributed by atoms with E-state index < -0.39 is 42.8 Å². The first kappa shape index (κ1) is 28.7. The maximum absolute atomic E-state index is 13.6. The van der Waals surface area contributed by atoms with Crippen LogP contribution in [-0.4, -0.2) is 79.0 Å². The summed E-state index contributed by atoms with van der Waals surface area (Å²) in [7, 11) is 1.41. The van der Waals surface area contributed by atoms with Crippen LogP contribution in [0.1, 0.15) is 31.6 Å². The molecule has 40 heavy (non-hydrogen) atoms. The first-order valence-corrected chi connectivity index (χ1v) is 15.8. The molecule has 6 atom stereocenters. The van der Waals surface area contributed by atoms with E-state index in [9.17, 15) is 19.6 Å². The summed E-state index contributed by atoms with van der Waals surface area (Å²) >= 11 is 1.07. The Morgan fingerprint density at radius 1 is 1.35 bits per heavy atom. The van der Waals surface area contributed by atoms with Gasteiger partial charge >= 0.3 is 12.7 Å². The third-order valence-corrected chi connectivity index (χ3v) is 10.9. The van der Waals surface area contributed by atoms with Gasteiger partial charge in [0.2, 0.25) is 11.8 Å². The largest absolute Gasteiger partial charge is 0.479 e. The molecule has 0 radical (unpaired) electrons. The maximum atomic E-state index is 13.6. The summed E-state index contributed by atoms with van der Waals surface area (Å²) in [6.07, 6.45) is -1.22. The highest BCUT2D eigenvalue weighted by Gasteiger charge is 2.54. The fourth-order valence-corrected chi connectivity index (χ4v) is 8.45. The fourth-order valence-electron chi connectivity index (χ4n) is 4.61. The van der Waals surface area contributed by atoms with E-state index >= 15 is 0 Å². The summed E-state index contributed by atoms with van der Waals surface area (Å²) in [6, 6.07) is 8.43. The number of aliphatic hydroxyl groups excluding tert-OH is 1. The zero-order valence-electron chi connectivity index (χ0n) is 21.9. The average molecular weight is 595 g/mol. The topological polar surface area (TPSA) is 193 Å². The van der Waals surface area contributed by atoms with Crippen molar-refractivity contribution in [3.05, 3.63) is 42.2 Å². The Bertz CT molecular complexity index is 1410. The predicted octanol–water partition coefficient (Wildman–Crippen LogP) is 1.78. The highest BCUT2D eigenvalue weighted by Crippen LogP contribution is 2.58. The predicted molar refractivity (Wildman–Crippen MR) is 145 cm³/mol. The number of ether oxygens (including phenoxy) is 3. The van der Waals surface area contributed by atoms with Gasteiger partial charge < -0.3 is 34.7 Å². The highest BCUT2D eigenvalue weighted by atomic mass is 32.7. The number of nitrogens with two attached hydrogens (primary N) is 1. The minimum atomic E-state index is -3.60. The SMILES string of the molecule is COc1nc(N)nc2c1ncn2[C@@H]1O[C@H](COP2(=O)NC(C(=O)OCc3ccccc3)CCCS2)[C@@H](O)[C@@]1(C)O. The van der Waals surface area contributed by atoms with E-state index in [-0.39, 0.29) is 30.7 Å². The minimum absolute atomic E-state index is 0.0735. The zero-order valence-corrected chi connectivity index (χ0v) is 23.6. The van der Waals surface area contributed by atoms with E-state index in [1.165, 1.54) is 24.9 Å². The second-order valence-electron chi connectivity index (χ2n) is 9.66. The second-order valence-corrected chi connectivity index (χ2v) is 14.1. The van der Waals surface area contributed by atoms with Crippen LogP contribution >= 0.6 is 18.1 Å². The van der Waals surface area contributed by atoms with E-state index in [0.717, 1.165) is 16.9 Å². The smallest absolute Gasteiger partial charge is 0.327 e. The molecule has 3 aromatic rings. The van der Waals surface area contributed by atoms with Gasteiger partial charge in [-0.2, -0.15) is 9.97 Å². The van der Waals surface area contributed by atoms with Crippen LogP contribution in [0.3, 0.4) is 0 Å². The molecule has 0 aliphatic carbocycles. The number of carbonyl (C=O) groups excluding carboxylic acids is 1. The van der Waals surface area contributed by atoms with E-state index in [0.29, 0.717) is 24.1 Å². The van der Waals surface area contributed by atoms with Crippen molar-refractivity contribution in [1.29, 1.82) is 0 Å². The second kappa shape index (κ2) is 11.6. The van der Waals surface area contributed by atoms with Gasteiger partial charge in [0.05, 0.1) is 20.0 Å². The summed E-state index contributed by atoms with van der Waals surface area (Å²) in [5, 5.41) is 25.0. The summed E-state index contributed by atoms with van der Waals surface area (Å²) in [4.78, 5) is 25.2. The van der Waals surface area contributed by atoms with Gasteiger partial charge in [0.25, 0.3) is 0 Å². The molecule has 0 spiro atoms. The number of esters is 1. The molecule has 5 rings (SSSR count). The molecule has 0 amide bonds. The number of nitrogen functional groups attached to an aromatic ring is 1. The fraction of sp³-hybridized carbons (Fsp3) is 0.500. The summed E-state index contributed by atoms with van der Waals surface area (Å²) < 4.78 is 37.4. The van der Waals surface area contributed by atoms with Crippen molar-refractivity contribution < 1.29 is 38.3 Å². The van der Waals surface area contributed by atoms with Crippen LogP contribution in [0.2, 0.25) is 0 Å².